The summed E-state index contributed by atoms with van der Waals surface area (Å²) in [5.74, 6) is -0.691. The Morgan fingerprint density at radius 3 is 2.33 bits per heavy atom. The molecule has 1 saturated carbocycles. The van der Waals surface area contributed by atoms with Crippen LogP contribution in [-0.4, -0.2) is 41.1 Å². The molecule has 7 heteroatoms. The number of hydrogen-bond donors (Lipinski definition) is 0. The zero-order valence-corrected chi connectivity index (χ0v) is 17.1. The first-order valence-electron chi connectivity index (χ1n) is 9.37. The average molecular weight is 411 g/mol. The minimum Gasteiger partial charge on any atom is -0.339 e. The van der Waals surface area contributed by atoms with Gasteiger partial charge < -0.3 is 4.90 Å². The Hall–Kier alpha value is -1.59. The smallest absolute Gasteiger partial charge is 0.233 e. The zero-order valence-electron chi connectivity index (χ0n) is 15.6. The Morgan fingerprint density at radius 2 is 1.78 bits per heavy atom. The van der Waals surface area contributed by atoms with Crippen LogP contribution in [-0.2, 0) is 14.4 Å². The van der Waals surface area contributed by atoms with Gasteiger partial charge in [-0.05, 0) is 37.5 Å². The van der Waals surface area contributed by atoms with Crippen molar-refractivity contribution in [1.82, 2.24) is 9.80 Å². The molecule has 0 aromatic heterocycles. The largest absolute Gasteiger partial charge is 0.339 e. The molecule has 2 fully saturated rings. The van der Waals surface area contributed by atoms with E-state index in [9.17, 15) is 14.4 Å². The molecule has 0 radical (unpaired) electrons. The molecule has 2 aliphatic rings. The Labute approximate surface area is 169 Å². The van der Waals surface area contributed by atoms with E-state index in [1.54, 1.807) is 30.1 Å². The molecule has 3 amide bonds. The molecule has 1 aliphatic heterocycles. The highest BCUT2D eigenvalue weighted by molar-refractivity contribution is 6.35. The first-order chi connectivity index (χ1) is 12.8. The monoisotopic (exact) mass is 410 g/mol. The van der Waals surface area contributed by atoms with Crippen molar-refractivity contribution in [3.63, 3.8) is 0 Å². The third kappa shape index (κ3) is 3.99. The van der Waals surface area contributed by atoms with Gasteiger partial charge in [-0.25, -0.2) is 0 Å². The van der Waals surface area contributed by atoms with Crippen LogP contribution in [0.25, 0.3) is 0 Å². The SMILES string of the molecule is CC(c1ccc(Cl)cc1Cl)N(C)C(=O)CCN1C(=O)C2CCCCC2C1=O. The Bertz CT molecular complexity index is 744. The number of hydrogen-bond acceptors (Lipinski definition) is 3. The summed E-state index contributed by atoms with van der Waals surface area (Å²) < 4.78 is 0. The Balaban J connectivity index is 1.61. The molecule has 0 bridgehead atoms. The third-order valence-electron chi connectivity index (χ3n) is 5.87. The number of likely N-dealkylation sites (tertiary alicyclic amines) is 1. The molecule has 1 aromatic rings. The van der Waals surface area contributed by atoms with E-state index in [0.29, 0.717) is 10.0 Å². The normalized spacial score (nSPS) is 23.3. The molecule has 3 unspecified atom stereocenters. The summed E-state index contributed by atoms with van der Waals surface area (Å²) in [5.41, 5.74) is 0.802. The highest BCUT2D eigenvalue weighted by Gasteiger charge is 2.47. The van der Waals surface area contributed by atoms with E-state index >= 15 is 0 Å². The van der Waals surface area contributed by atoms with Gasteiger partial charge in [0.05, 0.1) is 17.9 Å². The zero-order chi connectivity index (χ0) is 19.7. The molecule has 27 heavy (non-hydrogen) atoms. The van der Waals surface area contributed by atoms with Crippen LogP contribution in [0.5, 0.6) is 0 Å². The summed E-state index contributed by atoms with van der Waals surface area (Å²) in [6.45, 7) is 2.03. The standard InChI is InChI=1S/C20H24Cl2N2O3/c1-12(14-8-7-13(21)11-17(14)22)23(2)18(25)9-10-24-19(26)15-5-3-4-6-16(15)20(24)27/h7-8,11-12,15-16H,3-6,9-10H2,1-2H3. The third-order valence-corrected chi connectivity index (χ3v) is 6.43. The van der Waals surface area contributed by atoms with Crippen LogP contribution in [0.15, 0.2) is 18.2 Å². The Kier molecular flexibility index (Phi) is 6.11. The minimum atomic E-state index is -0.241. The highest BCUT2D eigenvalue weighted by atomic mass is 35.5. The summed E-state index contributed by atoms with van der Waals surface area (Å²) in [6, 6.07) is 4.95. The van der Waals surface area contributed by atoms with Gasteiger partial charge in [0, 0.05) is 30.1 Å². The van der Waals surface area contributed by atoms with E-state index < -0.39 is 0 Å². The van der Waals surface area contributed by atoms with Crippen LogP contribution in [0.4, 0.5) is 0 Å². The number of benzene rings is 1. The molecular formula is C20H24Cl2N2O3. The number of halogens is 2. The van der Waals surface area contributed by atoms with Crippen molar-refractivity contribution in [2.24, 2.45) is 11.8 Å². The van der Waals surface area contributed by atoms with Gasteiger partial charge in [0.2, 0.25) is 17.7 Å². The fraction of sp³-hybridized carbons (Fsp3) is 0.550. The van der Waals surface area contributed by atoms with Crippen molar-refractivity contribution in [2.75, 3.05) is 13.6 Å². The van der Waals surface area contributed by atoms with Crippen LogP contribution in [0.1, 0.15) is 50.6 Å². The van der Waals surface area contributed by atoms with E-state index in [-0.39, 0.29) is 48.6 Å². The fourth-order valence-corrected chi connectivity index (χ4v) is 4.67. The second kappa shape index (κ2) is 8.19. The summed E-state index contributed by atoms with van der Waals surface area (Å²) in [6.07, 6.45) is 3.67. The predicted molar refractivity (Wildman–Crippen MR) is 104 cm³/mol. The topological polar surface area (TPSA) is 57.7 Å². The summed E-state index contributed by atoms with van der Waals surface area (Å²) in [5, 5.41) is 1.04. The van der Waals surface area contributed by atoms with Crippen LogP contribution < -0.4 is 0 Å². The number of imide groups is 1. The van der Waals surface area contributed by atoms with Gasteiger partial charge in [-0.15, -0.1) is 0 Å². The lowest BCUT2D eigenvalue weighted by Gasteiger charge is -2.27. The number of carbonyl (C=O) groups is 3. The van der Waals surface area contributed by atoms with Gasteiger partial charge in [-0.1, -0.05) is 42.1 Å². The van der Waals surface area contributed by atoms with Crippen molar-refractivity contribution in [1.29, 1.82) is 0 Å². The second-order valence-corrected chi connectivity index (χ2v) is 8.27. The van der Waals surface area contributed by atoms with Crippen LogP contribution in [0, 0.1) is 11.8 Å². The molecule has 3 atom stereocenters. The molecule has 0 spiro atoms. The summed E-state index contributed by atoms with van der Waals surface area (Å²) in [7, 11) is 1.70. The molecular weight excluding hydrogens is 387 g/mol. The predicted octanol–water partition coefficient (Wildman–Crippen LogP) is 4.08. The van der Waals surface area contributed by atoms with Crippen LogP contribution in [0.3, 0.4) is 0 Å². The first kappa shape index (κ1) is 20.2. The highest BCUT2D eigenvalue weighted by Crippen LogP contribution is 2.38. The lowest BCUT2D eigenvalue weighted by Crippen LogP contribution is -2.37. The Morgan fingerprint density at radius 1 is 1.19 bits per heavy atom. The van der Waals surface area contributed by atoms with E-state index in [1.165, 1.54) is 4.90 Å². The molecule has 1 heterocycles. The summed E-state index contributed by atoms with van der Waals surface area (Å²) >= 11 is 12.2. The number of amides is 3. The van der Waals surface area contributed by atoms with Crippen molar-refractivity contribution in [3.05, 3.63) is 33.8 Å². The molecule has 1 aromatic carbocycles. The molecule has 1 aliphatic carbocycles. The maximum atomic E-state index is 12.6. The van der Waals surface area contributed by atoms with Crippen molar-refractivity contribution < 1.29 is 14.4 Å². The lowest BCUT2D eigenvalue weighted by atomic mass is 9.81. The van der Waals surface area contributed by atoms with Gasteiger partial charge in [0.15, 0.2) is 0 Å². The summed E-state index contributed by atoms with van der Waals surface area (Å²) in [4.78, 5) is 40.5. The van der Waals surface area contributed by atoms with Crippen molar-refractivity contribution >= 4 is 40.9 Å². The minimum absolute atomic E-state index is 0.103. The van der Waals surface area contributed by atoms with Crippen molar-refractivity contribution in [2.45, 2.75) is 45.1 Å². The molecule has 0 N–H and O–H groups in total. The van der Waals surface area contributed by atoms with Gasteiger partial charge in [0.1, 0.15) is 0 Å². The van der Waals surface area contributed by atoms with Gasteiger partial charge in [0.25, 0.3) is 0 Å². The number of rotatable bonds is 5. The average Bonchev–Trinajstić information content (AvgIpc) is 2.89. The van der Waals surface area contributed by atoms with Crippen LogP contribution >= 0.6 is 23.2 Å². The van der Waals surface area contributed by atoms with E-state index in [0.717, 1.165) is 31.2 Å². The molecule has 146 valence electrons. The van der Waals surface area contributed by atoms with Gasteiger partial charge in [-0.3, -0.25) is 19.3 Å². The molecule has 3 rings (SSSR count). The van der Waals surface area contributed by atoms with Gasteiger partial charge >= 0.3 is 0 Å². The van der Waals surface area contributed by atoms with Crippen molar-refractivity contribution in [3.8, 4) is 0 Å². The maximum Gasteiger partial charge on any atom is 0.233 e. The number of nitrogens with zero attached hydrogens (tertiary/aromatic N) is 2. The fourth-order valence-electron chi connectivity index (χ4n) is 4.10. The molecule has 5 nitrogen and oxygen atoms in total. The van der Waals surface area contributed by atoms with E-state index in [1.807, 2.05) is 6.92 Å². The first-order valence-corrected chi connectivity index (χ1v) is 10.1. The second-order valence-electron chi connectivity index (χ2n) is 7.42. The van der Waals surface area contributed by atoms with Crippen LogP contribution in [0.2, 0.25) is 10.0 Å². The molecule has 1 saturated heterocycles. The van der Waals surface area contributed by atoms with E-state index in [2.05, 4.69) is 0 Å². The quantitative estimate of drug-likeness (QED) is 0.687. The maximum absolute atomic E-state index is 12.6. The lowest BCUT2D eigenvalue weighted by molar-refractivity contribution is -0.141. The number of fused-ring (bicyclic) bond motifs is 1. The van der Waals surface area contributed by atoms with Gasteiger partial charge in [-0.2, -0.15) is 0 Å². The number of carbonyl (C=O) groups excluding carboxylic acids is 3. The van der Waals surface area contributed by atoms with E-state index in [4.69, 9.17) is 23.2 Å².